The number of aliphatic hydroxyl groups is 2. The Morgan fingerprint density at radius 3 is 2.33 bits per heavy atom. The highest BCUT2D eigenvalue weighted by molar-refractivity contribution is 5.94. The van der Waals surface area contributed by atoms with Crippen molar-refractivity contribution in [1.82, 2.24) is 10.4 Å². The van der Waals surface area contributed by atoms with Crippen LogP contribution in [-0.4, -0.2) is 95.0 Å². The summed E-state index contributed by atoms with van der Waals surface area (Å²) in [6, 6.07) is 24.5. The summed E-state index contributed by atoms with van der Waals surface area (Å²) in [4.78, 5) is 48.5. The maximum absolute atomic E-state index is 14.9. The molecule has 55 heavy (non-hydrogen) atoms. The molecule has 292 valence electrons. The fourth-order valence-corrected chi connectivity index (χ4v) is 8.12. The number of benzene rings is 3. The van der Waals surface area contributed by atoms with E-state index in [2.05, 4.69) is 5.32 Å². The fourth-order valence-electron chi connectivity index (χ4n) is 8.12. The van der Waals surface area contributed by atoms with Crippen LogP contribution in [0.2, 0.25) is 0 Å². The Bertz CT molecular complexity index is 1830. The maximum Gasteiger partial charge on any atom is 0.327 e. The van der Waals surface area contributed by atoms with Crippen LogP contribution in [0.1, 0.15) is 62.3 Å². The number of esters is 2. The molecule has 0 radical (unpaired) electrons. The van der Waals surface area contributed by atoms with E-state index in [1.165, 1.54) is 11.3 Å². The van der Waals surface area contributed by atoms with Crippen molar-refractivity contribution in [3.8, 4) is 0 Å². The van der Waals surface area contributed by atoms with Gasteiger partial charge >= 0.3 is 11.9 Å². The van der Waals surface area contributed by atoms with E-state index in [0.29, 0.717) is 0 Å². The van der Waals surface area contributed by atoms with Crippen LogP contribution in [0, 0.1) is 5.41 Å². The lowest BCUT2D eigenvalue weighted by molar-refractivity contribution is -0.213. The van der Waals surface area contributed by atoms with Crippen molar-refractivity contribution < 1.29 is 53.1 Å². The van der Waals surface area contributed by atoms with Crippen molar-refractivity contribution in [3.05, 3.63) is 113 Å². The Morgan fingerprint density at radius 2 is 1.67 bits per heavy atom. The number of rotatable bonds is 14. The standard InChI is InChI=1S/C42H48N2O11/c1-40(2,3)52-33(47)18-17-31(26-46)43-39(49)41-24-32-34-35(54-42(53-34,29-13-6-4-7-14-29)30-15-8-5-9-16-30)37(41)55-44(36(41)38(48)51-32)25-28-12-10-11-27(23-28)19-21-50-22-20-45/h4-16,19,21,23,31-32,34-37,45-46H,17-18,20,22,24-26H2,1-3H3,(H,43,49). The van der Waals surface area contributed by atoms with Crippen molar-refractivity contribution in [1.29, 1.82) is 0 Å². The van der Waals surface area contributed by atoms with E-state index >= 15 is 0 Å². The highest BCUT2D eigenvalue weighted by atomic mass is 16.8. The molecule has 1 saturated carbocycles. The summed E-state index contributed by atoms with van der Waals surface area (Å²) in [6.07, 6.45) is -0.165. The summed E-state index contributed by atoms with van der Waals surface area (Å²) in [5.41, 5.74) is 0.814. The van der Waals surface area contributed by atoms with Crippen LogP contribution in [0.3, 0.4) is 0 Å². The molecule has 1 aliphatic carbocycles. The molecule has 7 unspecified atom stereocenters. The van der Waals surface area contributed by atoms with E-state index in [1.807, 2.05) is 84.9 Å². The lowest BCUT2D eigenvalue weighted by Gasteiger charge is -2.49. The topological polar surface area (TPSA) is 162 Å². The zero-order valence-corrected chi connectivity index (χ0v) is 31.2. The third-order valence-corrected chi connectivity index (χ3v) is 10.4. The van der Waals surface area contributed by atoms with Gasteiger partial charge in [0, 0.05) is 24.0 Å². The number of ether oxygens (including phenoxy) is 5. The van der Waals surface area contributed by atoms with E-state index in [1.54, 1.807) is 26.8 Å². The predicted molar refractivity (Wildman–Crippen MR) is 197 cm³/mol. The molecule has 2 bridgehead atoms. The Kier molecular flexibility index (Phi) is 11.1. The van der Waals surface area contributed by atoms with Crippen LogP contribution >= 0.6 is 0 Å². The Morgan fingerprint density at radius 1 is 0.982 bits per heavy atom. The molecule has 3 N–H and O–H groups in total. The average molecular weight is 757 g/mol. The van der Waals surface area contributed by atoms with E-state index in [-0.39, 0.29) is 39.0 Å². The molecular weight excluding hydrogens is 708 g/mol. The fraction of sp³-hybridized carbons (Fsp3) is 0.452. The molecule has 3 saturated heterocycles. The van der Waals surface area contributed by atoms with Crippen LogP contribution in [0.15, 0.2) is 91.2 Å². The molecule has 13 heteroatoms. The summed E-state index contributed by atoms with van der Waals surface area (Å²) in [5.74, 6) is -3.03. The molecule has 3 heterocycles. The molecule has 4 aliphatic rings. The van der Waals surface area contributed by atoms with Gasteiger partial charge in [-0.3, -0.25) is 19.2 Å². The third-order valence-electron chi connectivity index (χ3n) is 10.4. The molecule has 7 rings (SSSR count). The number of nitrogens with one attached hydrogen (secondary N) is 1. The number of nitrogens with zero attached hydrogens (tertiary/aromatic N) is 1. The molecule has 4 fully saturated rings. The number of carbonyl (C=O) groups is 3. The van der Waals surface area contributed by atoms with Gasteiger partial charge in [0.05, 0.1) is 32.1 Å². The van der Waals surface area contributed by atoms with Crippen LogP contribution in [0.4, 0.5) is 0 Å². The Balaban J connectivity index is 1.24. The second kappa shape index (κ2) is 15.8. The molecule has 13 nitrogen and oxygen atoms in total. The number of carbonyl (C=O) groups excluding carboxylic acids is 3. The van der Waals surface area contributed by atoms with Crippen LogP contribution in [0.25, 0.3) is 6.08 Å². The molecular formula is C42H48N2O11. The van der Waals surface area contributed by atoms with Gasteiger partial charge in [-0.25, -0.2) is 0 Å². The van der Waals surface area contributed by atoms with Gasteiger partial charge in [-0.2, -0.15) is 5.06 Å². The van der Waals surface area contributed by atoms with E-state index in [4.69, 9.17) is 33.6 Å². The first-order valence-corrected chi connectivity index (χ1v) is 18.7. The zero-order chi connectivity index (χ0) is 38.8. The van der Waals surface area contributed by atoms with Crippen LogP contribution in [0.5, 0.6) is 0 Å². The third kappa shape index (κ3) is 7.65. The molecule has 0 spiro atoms. The molecule has 3 aliphatic heterocycles. The van der Waals surface area contributed by atoms with Gasteiger partial charge in [-0.1, -0.05) is 84.9 Å². The first-order valence-electron chi connectivity index (χ1n) is 18.7. The van der Waals surface area contributed by atoms with Crippen molar-refractivity contribution in [2.75, 3.05) is 19.8 Å². The van der Waals surface area contributed by atoms with E-state index < -0.39 is 77.8 Å². The van der Waals surface area contributed by atoms with Gasteiger partial charge < -0.3 is 39.2 Å². The highest BCUT2D eigenvalue weighted by Gasteiger charge is 2.76. The van der Waals surface area contributed by atoms with Gasteiger partial charge in [0.1, 0.15) is 42.0 Å². The number of amides is 1. The smallest absolute Gasteiger partial charge is 0.327 e. The van der Waals surface area contributed by atoms with Gasteiger partial charge in [0.15, 0.2) is 6.04 Å². The van der Waals surface area contributed by atoms with Gasteiger partial charge in [0.25, 0.3) is 0 Å². The van der Waals surface area contributed by atoms with Gasteiger partial charge in [-0.05, 0) is 44.4 Å². The summed E-state index contributed by atoms with van der Waals surface area (Å²) < 4.78 is 30.9. The molecule has 7 atom stereocenters. The minimum absolute atomic E-state index is 0.0376. The van der Waals surface area contributed by atoms with Crippen LogP contribution < -0.4 is 5.32 Å². The number of hydrogen-bond donors (Lipinski definition) is 3. The second-order valence-corrected chi connectivity index (χ2v) is 15.4. The molecule has 0 aromatic heterocycles. The van der Waals surface area contributed by atoms with Crippen molar-refractivity contribution in [3.63, 3.8) is 0 Å². The summed E-state index contributed by atoms with van der Waals surface area (Å²) in [6.45, 7) is 5.02. The summed E-state index contributed by atoms with van der Waals surface area (Å²) >= 11 is 0. The molecule has 3 aromatic rings. The van der Waals surface area contributed by atoms with Crippen LogP contribution in [-0.2, 0) is 55.2 Å². The van der Waals surface area contributed by atoms with Crippen molar-refractivity contribution in [2.45, 2.75) is 94.5 Å². The number of hydroxylamine groups is 2. The second-order valence-electron chi connectivity index (χ2n) is 15.4. The minimum Gasteiger partial charge on any atom is -0.499 e. The SMILES string of the molecule is CC(C)(C)OC(=O)CCC(CO)NC(=O)C12CC3OC(=O)C1N(Cc1cccc(C=COCCO)c1)OC2C1OC(c2ccccc2)(c2ccccc2)OC31. The first kappa shape index (κ1) is 38.6. The Hall–Kier alpha value is -4.63. The lowest BCUT2D eigenvalue weighted by atomic mass is 9.62. The minimum atomic E-state index is -1.52. The summed E-state index contributed by atoms with van der Waals surface area (Å²) in [7, 11) is 0. The lowest BCUT2D eigenvalue weighted by Crippen LogP contribution is -2.70. The van der Waals surface area contributed by atoms with Gasteiger partial charge in [-0.15, -0.1) is 0 Å². The molecule has 1 amide bonds. The number of fused-ring (bicyclic) bond motifs is 4. The van der Waals surface area contributed by atoms with Crippen molar-refractivity contribution in [2.24, 2.45) is 5.41 Å². The number of aliphatic hydroxyl groups excluding tert-OH is 2. The van der Waals surface area contributed by atoms with E-state index in [0.717, 1.165) is 22.3 Å². The highest BCUT2D eigenvalue weighted by Crippen LogP contribution is 2.59. The zero-order valence-electron chi connectivity index (χ0n) is 31.2. The summed E-state index contributed by atoms with van der Waals surface area (Å²) in [5, 5.41) is 23.9. The quantitative estimate of drug-likeness (QED) is 0.124. The van der Waals surface area contributed by atoms with E-state index in [9.17, 15) is 19.5 Å². The monoisotopic (exact) mass is 756 g/mol. The first-order chi connectivity index (χ1) is 26.5. The number of hydrogen-bond acceptors (Lipinski definition) is 12. The van der Waals surface area contributed by atoms with Crippen molar-refractivity contribution >= 4 is 23.9 Å². The average Bonchev–Trinajstić information content (AvgIpc) is 3.75. The largest absolute Gasteiger partial charge is 0.499 e. The maximum atomic E-state index is 14.9. The predicted octanol–water partition coefficient (Wildman–Crippen LogP) is 3.75. The normalized spacial score (nSPS) is 27.3. The Labute approximate surface area is 320 Å². The molecule has 3 aromatic carbocycles. The van der Waals surface area contributed by atoms with Gasteiger partial charge in [0.2, 0.25) is 11.7 Å².